The van der Waals surface area contributed by atoms with E-state index in [1.807, 2.05) is 30.3 Å². The van der Waals surface area contributed by atoms with E-state index in [4.69, 9.17) is 13.9 Å². The number of hydrogen-bond donors (Lipinski definition) is 1. The highest BCUT2D eigenvalue weighted by molar-refractivity contribution is 6.17. The van der Waals surface area contributed by atoms with Crippen LogP contribution in [0.25, 0.3) is 0 Å². The number of ketones is 1. The molecule has 0 aliphatic carbocycles. The number of carbonyl (C=O) groups excluding carboxylic acids is 3. The number of esters is 2. The molecule has 1 aromatic carbocycles. The molecule has 0 bridgehead atoms. The molecule has 154 valence electrons. The summed E-state index contributed by atoms with van der Waals surface area (Å²) in [6, 6.07) is 12.6. The highest BCUT2D eigenvalue weighted by Gasteiger charge is 2.29. The summed E-state index contributed by atoms with van der Waals surface area (Å²) in [7, 11) is 0. The fraction of sp³-hybridized carbons (Fsp3) is 0.318. The molecular formula is C22H25NO6. The van der Waals surface area contributed by atoms with Gasteiger partial charge in [-0.25, -0.2) is 4.79 Å². The second kappa shape index (κ2) is 10.8. The average Bonchev–Trinajstić information content (AvgIpc) is 3.23. The lowest BCUT2D eigenvalue weighted by molar-refractivity contribution is -0.146. The molecule has 7 heteroatoms. The number of ether oxygens (including phenoxy) is 2. The monoisotopic (exact) mass is 399 g/mol. The molecule has 1 N–H and O–H groups in total. The predicted octanol–water partition coefficient (Wildman–Crippen LogP) is 3.15. The lowest BCUT2D eigenvalue weighted by Crippen LogP contribution is -2.31. The van der Waals surface area contributed by atoms with Gasteiger partial charge >= 0.3 is 11.9 Å². The SMILES string of the molecule is CCOC(=O)C(C)C(NCc1ccco1)=C(C(C)=O)C(=O)OCc1ccccc1. The number of benzene rings is 1. The normalized spacial score (nSPS) is 12.5. The summed E-state index contributed by atoms with van der Waals surface area (Å²) < 4.78 is 15.7. The highest BCUT2D eigenvalue weighted by atomic mass is 16.5. The lowest BCUT2D eigenvalue weighted by atomic mass is 9.99. The second-order valence-electron chi connectivity index (χ2n) is 6.31. The van der Waals surface area contributed by atoms with Gasteiger partial charge in [-0.2, -0.15) is 0 Å². The molecule has 2 rings (SSSR count). The third-order valence-electron chi connectivity index (χ3n) is 4.14. The molecule has 0 fully saturated rings. The molecule has 0 saturated heterocycles. The quantitative estimate of drug-likeness (QED) is 0.284. The molecule has 0 aliphatic heterocycles. The van der Waals surface area contributed by atoms with Gasteiger partial charge in [0, 0.05) is 5.70 Å². The van der Waals surface area contributed by atoms with Crippen molar-refractivity contribution >= 4 is 17.7 Å². The molecular weight excluding hydrogens is 374 g/mol. The van der Waals surface area contributed by atoms with Gasteiger partial charge < -0.3 is 19.2 Å². The summed E-state index contributed by atoms with van der Waals surface area (Å²) in [6.45, 7) is 4.89. The molecule has 29 heavy (non-hydrogen) atoms. The summed E-state index contributed by atoms with van der Waals surface area (Å²) >= 11 is 0. The zero-order valence-electron chi connectivity index (χ0n) is 16.8. The minimum Gasteiger partial charge on any atom is -0.467 e. The van der Waals surface area contributed by atoms with Gasteiger partial charge in [0.05, 0.1) is 25.3 Å². The Bertz CT molecular complexity index is 855. The summed E-state index contributed by atoms with van der Waals surface area (Å²) in [5, 5.41) is 2.99. The largest absolute Gasteiger partial charge is 0.467 e. The van der Waals surface area contributed by atoms with E-state index in [-0.39, 0.29) is 31.0 Å². The van der Waals surface area contributed by atoms with Crippen molar-refractivity contribution in [2.75, 3.05) is 6.61 Å². The standard InChI is InChI=1S/C22H25NO6/c1-4-27-21(25)15(2)20(23-13-18-11-8-12-28-18)19(16(3)24)22(26)29-14-17-9-6-5-7-10-17/h5-12,15,23H,4,13-14H2,1-3H3. The Morgan fingerprint density at radius 1 is 1.07 bits per heavy atom. The van der Waals surface area contributed by atoms with Crippen molar-refractivity contribution in [1.29, 1.82) is 0 Å². The third kappa shape index (κ3) is 6.34. The van der Waals surface area contributed by atoms with E-state index in [1.54, 1.807) is 26.0 Å². The maximum absolute atomic E-state index is 12.7. The van der Waals surface area contributed by atoms with Gasteiger partial charge in [0.25, 0.3) is 0 Å². The van der Waals surface area contributed by atoms with Crippen LogP contribution in [0.2, 0.25) is 0 Å². The average molecular weight is 399 g/mol. The van der Waals surface area contributed by atoms with Crippen molar-refractivity contribution < 1.29 is 28.3 Å². The van der Waals surface area contributed by atoms with Crippen LogP contribution in [-0.2, 0) is 37.0 Å². The van der Waals surface area contributed by atoms with E-state index >= 15 is 0 Å². The van der Waals surface area contributed by atoms with Crippen LogP contribution in [0, 0.1) is 5.92 Å². The Balaban J connectivity index is 2.30. The number of nitrogens with one attached hydrogen (secondary N) is 1. The fourth-order valence-electron chi connectivity index (χ4n) is 2.68. The molecule has 0 radical (unpaired) electrons. The Kier molecular flexibility index (Phi) is 8.21. The van der Waals surface area contributed by atoms with Crippen LogP contribution in [0.5, 0.6) is 0 Å². The van der Waals surface area contributed by atoms with Crippen molar-refractivity contribution in [3.63, 3.8) is 0 Å². The summed E-state index contributed by atoms with van der Waals surface area (Å²) in [5.41, 5.74) is 0.714. The van der Waals surface area contributed by atoms with Crippen molar-refractivity contribution in [3.05, 3.63) is 71.3 Å². The van der Waals surface area contributed by atoms with Gasteiger partial charge in [-0.1, -0.05) is 30.3 Å². The summed E-state index contributed by atoms with van der Waals surface area (Å²) in [5.74, 6) is -2.16. The zero-order chi connectivity index (χ0) is 21.2. The van der Waals surface area contributed by atoms with Crippen LogP contribution in [0.3, 0.4) is 0 Å². The van der Waals surface area contributed by atoms with Crippen LogP contribution < -0.4 is 5.32 Å². The Morgan fingerprint density at radius 2 is 1.79 bits per heavy atom. The van der Waals surface area contributed by atoms with Crippen molar-refractivity contribution in [1.82, 2.24) is 5.32 Å². The molecule has 1 aromatic heterocycles. The molecule has 0 spiro atoms. The van der Waals surface area contributed by atoms with E-state index in [1.165, 1.54) is 13.2 Å². The summed E-state index contributed by atoms with van der Waals surface area (Å²) in [6.07, 6.45) is 1.51. The first kappa shape index (κ1) is 21.9. The first-order valence-electron chi connectivity index (χ1n) is 9.33. The van der Waals surface area contributed by atoms with Crippen LogP contribution in [0.1, 0.15) is 32.1 Å². The number of Topliss-reactive ketones (excluding diaryl/α,β-unsaturated/α-hetero) is 1. The van der Waals surface area contributed by atoms with E-state index in [2.05, 4.69) is 5.32 Å². The van der Waals surface area contributed by atoms with Gasteiger partial charge in [-0.3, -0.25) is 9.59 Å². The minimum atomic E-state index is -0.868. The number of carbonyl (C=O) groups is 3. The Hall–Kier alpha value is -3.35. The van der Waals surface area contributed by atoms with E-state index in [9.17, 15) is 14.4 Å². The minimum absolute atomic E-state index is 0.00963. The molecule has 0 saturated carbocycles. The molecule has 0 amide bonds. The molecule has 1 heterocycles. The number of rotatable bonds is 10. The smallest absolute Gasteiger partial charge is 0.343 e. The van der Waals surface area contributed by atoms with Gasteiger partial charge in [-0.05, 0) is 38.5 Å². The first-order valence-corrected chi connectivity index (χ1v) is 9.33. The van der Waals surface area contributed by atoms with Crippen LogP contribution in [0.4, 0.5) is 0 Å². The van der Waals surface area contributed by atoms with Gasteiger partial charge in [0.1, 0.15) is 17.9 Å². The van der Waals surface area contributed by atoms with Crippen molar-refractivity contribution in [3.8, 4) is 0 Å². The molecule has 7 nitrogen and oxygen atoms in total. The first-order chi connectivity index (χ1) is 13.9. The van der Waals surface area contributed by atoms with Crippen molar-refractivity contribution in [2.45, 2.75) is 33.9 Å². The van der Waals surface area contributed by atoms with E-state index < -0.39 is 23.6 Å². The van der Waals surface area contributed by atoms with Crippen LogP contribution >= 0.6 is 0 Å². The van der Waals surface area contributed by atoms with Gasteiger partial charge in [0.2, 0.25) is 0 Å². The predicted molar refractivity (Wildman–Crippen MR) is 105 cm³/mol. The van der Waals surface area contributed by atoms with Crippen molar-refractivity contribution in [2.24, 2.45) is 5.92 Å². The topological polar surface area (TPSA) is 94.8 Å². The van der Waals surface area contributed by atoms with Crippen LogP contribution in [0.15, 0.2) is 64.4 Å². The molecule has 0 aliphatic rings. The number of hydrogen-bond acceptors (Lipinski definition) is 7. The van der Waals surface area contributed by atoms with Gasteiger partial charge in [0.15, 0.2) is 5.78 Å². The second-order valence-corrected chi connectivity index (χ2v) is 6.31. The molecule has 2 aromatic rings. The molecule has 1 unspecified atom stereocenters. The zero-order valence-corrected chi connectivity index (χ0v) is 16.8. The van der Waals surface area contributed by atoms with E-state index in [0.29, 0.717) is 5.76 Å². The maximum atomic E-state index is 12.7. The third-order valence-corrected chi connectivity index (χ3v) is 4.14. The highest BCUT2D eigenvalue weighted by Crippen LogP contribution is 2.19. The number of furan rings is 1. The lowest BCUT2D eigenvalue weighted by Gasteiger charge is -2.19. The van der Waals surface area contributed by atoms with E-state index in [0.717, 1.165) is 5.56 Å². The summed E-state index contributed by atoms with van der Waals surface area (Å²) in [4.78, 5) is 37.3. The molecule has 1 atom stereocenters. The van der Waals surface area contributed by atoms with Crippen LogP contribution in [-0.4, -0.2) is 24.3 Å². The fourth-order valence-corrected chi connectivity index (χ4v) is 2.68. The maximum Gasteiger partial charge on any atom is 0.343 e. The Morgan fingerprint density at radius 3 is 2.38 bits per heavy atom. The van der Waals surface area contributed by atoms with Gasteiger partial charge in [-0.15, -0.1) is 0 Å². The Labute approximate surface area is 169 Å².